The first-order valence-corrected chi connectivity index (χ1v) is 8.10. The Hall–Kier alpha value is -0.740. The van der Waals surface area contributed by atoms with Gasteiger partial charge in [-0.2, -0.15) is 0 Å². The van der Waals surface area contributed by atoms with Gasteiger partial charge < -0.3 is 19.6 Å². The van der Waals surface area contributed by atoms with E-state index < -0.39 is 32.9 Å². The number of thioether (sulfide) groups is 1. The Labute approximate surface area is 117 Å². The molecule has 20 heavy (non-hydrogen) atoms. The summed E-state index contributed by atoms with van der Waals surface area (Å²) in [6, 6.07) is 1.50. The second-order valence-electron chi connectivity index (χ2n) is 4.43. The molecule has 3 rings (SSSR count). The fourth-order valence-electron chi connectivity index (χ4n) is 2.19. The maximum absolute atomic E-state index is 10.7. The molecule has 0 aliphatic carbocycles. The van der Waals surface area contributed by atoms with Crippen LogP contribution in [-0.2, 0) is 13.8 Å². The predicted octanol–water partition coefficient (Wildman–Crippen LogP) is -0.796. The van der Waals surface area contributed by atoms with Crippen molar-refractivity contribution in [2.24, 2.45) is 0 Å². The quantitative estimate of drug-likeness (QED) is 0.419. The van der Waals surface area contributed by atoms with Crippen molar-refractivity contribution >= 4 is 19.6 Å². The number of fused-ring (bicyclic) bond motifs is 3. The van der Waals surface area contributed by atoms with E-state index >= 15 is 0 Å². The number of hydrogen-bond donors (Lipinski definition) is 4. The average Bonchev–Trinajstić information content (AvgIpc) is 2.83. The van der Waals surface area contributed by atoms with Gasteiger partial charge in [-0.15, -0.1) is 0 Å². The summed E-state index contributed by atoms with van der Waals surface area (Å²) in [7, 11) is -4.59. The van der Waals surface area contributed by atoms with Crippen LogP contribution >= 0.6 is 19.6 Å². The smallest absolute Gasteiger partial charge is 0.389 e. The second-order valence-corrected chi connectivity index (χ2v) is 6.81. The lowest BCUT2D eigenvalue weighted by atomic mass is 10.2. The molecule has 2 aliphatic rings. The molecule has 0 saturated carbocycles. The molecule has 9 nitrogen and oxygen atoms in total. The van der Waals surface area contributed by atoms with Crippen LogP contribution in [0.5, 0.6) is 0 Å². The number of phosphoric acid groups is 1. The highest BCUT2D eigenvalue weighted by atomic mass is 32.2. The zero-order valence-electron chi connectivity index (χ0n) is 9.99. The molecule has 110 valence electrons. The summed E-state index contributed by atoms with van der Waals surface area (Å²) in [5.74, 6) is 0. The number of aliphatic hydroxyl groups excluding tert-OH is 1. The minimum absolute atomic E-state index is 0.125. The van der Waals surface area contributed by atoms with Crippen molar-refractivity contribution in [3.8, 4) is 0 Å². The van der Waals surface area contributed by atoms with Gasteiger partial charge in [-0.25, -0.2) is 9.55 Å². The van der Waals surface area contributed by atoms with E-state index in [0.29, 0.717) is 5.16 Å². The van der Waals surface area contributed by atoms with Gasteiger partial charge in [-0.3, -0.25) is 14.5 Å². The molecule has 0 aromatic carbocycles. The molecule has 1 fully saturated rings. The van der Waals surface area contributed by atoms with Crippen LogP contribution in [0.4, 0.5) is 0 Å². The summed E-state index contributed by atoms with van der Waals surface area (Å²) in [5.41, 5.74) is 0.125. The number of aliphatic hydroxyl groups is 1. The molecule has 11 heteroatoms. The maximum Gasteiger partial charge on any atom is 0.469 e. The molecule has 1 aromatic heterocycles. The number of ether oxygens (including phenoxy) is 1. The minimum atomic E-state index is -4.59. The minimum Gasteiger partial charge on any atom is -0.389 e. The number of aromatic nitrogens is 2. The molecule has 2 aliphatic heterocycles. The largest absolute Gasteiger partial charge is 0.469 e. The Morgan fingerprint density at radius 1 is 1.60 bits per heavy atom. The Kier molecular flexibility index (Phi) is 3.49. The topological polar surface area (TPSA) is 138 Å². The van der Waals surface area contributed by atoms with Crippen molar-refractivity contribution in [3.63, 3.8) is 0 Å². The maximum atomic E-state index is 10.7. The van der Waals surface area contributed by atoms with E-state index in [1.54, 1.807) is 10.8 Å². The van der Waals surface area contributed by atoms with Crippen LogP contribution in [-0.4, -0.2) is 48.5 Å². The van der Waals surface area contributed by atoms with Crippen molar-refractivity contribution < 1.29 is 28.7 Å². The van der Waals surface area contributed by atoms with Crippen molar-refractivity contribution in [1.29, 1.82) is 5.41 Å². The highest BCUT2D eigenvalue weighted by Gasteiger charge is 2.50. The lowest BCUT2D eigenvalue weighted by Crippen LogP contribution is -2.31. The van der Waals surface area contributed by atoms with Gasteiger partial charge in [0.2, 0.25) is 0 Å². The third-order valence-corrected chi connectivity index (χ3v) is 4.85. The van der Waals surface area contributed by atoms with Crippen LogP contribution in [0.15, 0.2) is 17.4 Å². The Bertz CT molecular complexity index is 632. The van der Waals surface area contributed by atoms with Gasteiger partial charge in [0, 0.05) is 6.20 Å². The van der Waals surface area contributed by atoms with Crippen LogP contribution in [0, 0.1) is 5.41 Å². The molecule has 0 spiro atoms. The Balaban J connectivity index is 1.77. The zero-order chi connectivity index (χ0) is 14.5. The molecule has 0 amide bonds. The summed E-state index contributed by atoms with van der Waals surface area (Å²) in [6.45, 7) is -0.390. The Morgan fingerprint density at radius 3 is 3.05 bits per heavy atom. The van der Waals surface area contributed by atoms with Gasteiger partial charge in [0.25, 0.3) is 0 Å². The molecular weight excluding hydrogens is 309 g/mol. The summed E-state index contributed by atoms with van der Waals surface area (Å²) in [6.07, 6.45) is -0.598. The van der Waals surface area contributed by atoms with Crippen LogP contribution in [0.3, 0.4) is 0 Å². The van der Waals surface area contributed by atoms with Crippen molar-refractivity contribution in [3.05, 3.63) is 17.8 Å². The number of nitrogens with zero attached hydrogens (tertiary/aromatic N) is 2. The van der Waals surface area contributed by atoms with Crippen molar-refractivity contribution in [1.82, 2.24) is 9.55 Å². The number of hydrogen-bond acceptors (Lipinski definition) is 7. The molecule has 4 N–H and O–H groups in total. The van der Waals surface area contributed by atoms with E-state index in [1.807, 2.05) is 0 Å². The third-order valence-electron chi connectivity index (χ3n) is 3.07. The second kappa shape index (κ2) is 4.92. The lowest BCUT2D eigenvalue weighted by Gasteiger charge is -2.17. The van der Waals surface area contributed by atoms with Crippen molar-refractivity contribution in [2.45, 2.75) is 28.8 Å². The zero-order valence-corrected chi connectivity index (χ0v) is 11.7. The van der Waals surface area contributed by atoms with Crippen LogP contribution in [0.1, 0.15) is 6.23 Å². The molecule has 0 bridgehead atoms. The molecule has 0 unspecified atom stereocenters. The summed E-state index contributed by atoms with van der Waals surface area (Å²) in [4.78, 5) is 21.4. The standard InChI is InChI=1S/C9H12N3O6PS/c10-5-1-2-12-8-7(20-9(12)11-5)6(13)4(18-8)3-17-19(14,15)16/h1-2,4,6-8,10,13H,3H2,(H2,14,15,16)/t4-,6-,7+,8-/m1/s1. The summed E-state index contributed by atoms with van der Waals surface area (Å²) in [5, 5.41) is 17.8. The average molecular weight is 321 g/mol. The normalized spacial score (nSPS) is 32.1. The molecule has 1 aromatic rings. The van der Waals surface area contributed by atoms with Gasteiger partial charge in [-0.1, -0.05) is 11.8 Å². The molecular formula is C9H12N3O6PS. The van der Waals surface area contributed by atoms with E-state index in [-0.39, 0.29) is 10.7 Å². The third kappa shape index (κ3) is 2.56. The first kappa shape index (κ1) is 14.2. The van der Waals surface area contributed by atoms with Crippen molar-refractivity contribution in [2.75, 3.05) is 6.61 Å². The van der Waals surface area contributed by atoms with Gasteiger partial charge in [0.1, 0.15) is 11.6 Å². The van der Waals surface area contributed by atoms with Gasteiger partial charge in [-0.05, 0) is 6.07 Å². The molecule has 1 saturated heterocycles. The van der Waals surface area contributed by atoms with Gasteiger partial charge >= 0.3 is 7.82 Å². The van der Waals surface area contributed by atoms with Gasteiger partial charge in [0.05, 0.1) is 18.0 Å². The number of nitrogens with one attached hydrogen (secondary N) is 1. The van der Waals surface area contributed by atoms with Crippen LogP contribution < -0.4 is 5.49 Å². The highest BCUT2D eigenvalue weighted by Crippen LogP contribution is 2.47. The summed E-state index contributed by atoms with van der Waals surface area (Å²) >= 11 is 1.27. The summed E-state index contributed by atoms with van der Waals surface area (Å²) < 4.78 is 22.3. The SMILES string of the molecule is N=c1ccn2c(n1)S[C@H]1[C@H](O)[C@@H](COP(=O)(O)O)O[C@H]12. The lowest BCUT2D eigenvalue weighted by molar-refractivity contribution is -0.0458. The Morgan fingerprint density at radius 2 is 2.35 bits per heavy atom. The molecule has 4 atom stereocenters. The van der Waals surface area contributed by atoms with Crippen LogP contribution in [0.2, 0.25) is 0 Å². The fraction of sp³-hybridized carbons (Fsp3) is 0.556. The van der Waals surface area contributed by atoms with E-state index in [0.717, 1.165) is 0 Å². The van der Waals surface area contributed by atoms with E-state index in [9.17, 15) is 9.67 Å². The predicted molar refractivity (Wildman–Crippen MR) is 65.6 cm³/mol. The first-order valence-electron chi connectivity index (χ1n) is 5.69. The van der Waals surface area contributed by atoms with E-state index in [2.05, 4.69) is 9.51 Å². The highest BCUT2D eigenvalue weighted by molar-refractivity contribution is 8.00. The molecule has 3 heterocycles. The van der Waals surface area contributed by atoms with Crippen LogP contribution in [0.25, 0.3) is 0 Å². The number of phosphoric ester groups is 1. The fourth-order valence-corrected chi connectivity index (χ4v) is 3.84. The first-order chi connectivity index (χ1) is 9.35. The van der Waals surface area contributed by atoms with Gasteiger partial charge in [0.15, 0.2) is 11.4 Å². The monoisotopic (exact) mass is 321 g/mol. The van der Waals surface area contributed by atoms with E-state index in [1.165, 1.54) is 17.8 Å². The van der Waals surface area contributed by atoms with E-state index in [4.69, 9.17) is 19.9 Å². The number of rotatable bonds is 3. The molecule has 0 radical (unpaired) electrons.